The molecule has 28 heavy (non-hydrogen) atoms. The van der Waals surface area contributed by atoms with Crippen LogP contribution in [0.1, 0.15) is 25.6 Å². The van der Waals surface area contributed by atoms with E-state index in [4.69, 9.17) is 25.5 Å². The third-order valence-electron chi connectivity index (χ3n) is 4.05. The Morgan fingerprint density at radius 2 is 1.82 bits per heavy atom. The summed E-state index contributed by atoms with van der Waals surface area (Å²) in [5, 5.41) is 4.27. The van der Waals surface area contributed by atoms with Crippen LogP contribution in [-0.4, -0.2) is 24.6 Å². The van der Waals surface area contributed by atoms with Gasteiger partial charge < -0.3 is 19.2 Å². The molecule has 146 valence electrons. The maximum absolute atomic E-state index is 12.1. The van der Waals surface area contributed by atoms with Gasteiger partial charge in [0, 0.05) is 10.4 Å². The molecule has 0 aliphatic rings. The molecule has 6 nitrogen and oxygen atoms in total. The van der Waals surface area contributed by atoms with Crippen LogP contribution in [0.4, 0.5) is 0 Å². The molecule has 0 saturated heterocycles. The lowest BCUT2D eigenvalue weighted by Crippen LogP contribution is -2.34. The third kappa shape index (κ3) is 5.04. The number of nitrogens with one attached hydrogen (secondary N) is 1. The molecule has 0 radical (unpaired) electrons. The average Bonchev–Trinajstić information content (AvgIpc) is 3.12. The summed E-state index contributed by atoms with van der Waals surface area (Å²) in [5.41, 5.74) is 0.748. The second kappa shape index (κ2) is 8.80. The lowest BCUT2D eigenvalue weighted by molar-refractivity contribution is -0.154. The van der Waals surface area contributed by atoms with Crippen molar-refractivity contribution in [2.24, 2.45) is 0 Å². The molecule has 1 heterocycles. The number of esters is 1. The van der Waals surface area contributed by atoms with Crippen molar-refractivity contribution in [2.45, 2.75) is 26.0 Å². The molecule has 0 bridgehead atoms. The first-order valence-corrected chi connectivity index (χ1v) is 9.17. The van der Waals surface area contributed by atoms with E-state index in [9.17, 15) is 9.59 Å². The van der Waals surface area contributed by atoms with Gasteiger partial charge in [-0.25, -0.2) is 4.79 Å². The molecule has 3 rings (SSSR count). The standard InChI is InChI=1S/C21H20ClNO5/c1-13(19-11-15-5-3-4-6-18(15)28-19)23-20(24)12-26-21(25)14(2)27-17-9-7-16(22)8-10-17/h3-11,13-14H,12H2,1-2H3,(H,23,24)/t13-,14+/m0/s1. The number of benzene rings is 2. The van der Waals surface area contributed by atoms with Gasteiger partial charge in [0.05, 0.1) is 6.04 Å². The number of hydrogen-bond acceptors (Lipinski definition) is 5. The van der Waals surface area contributed by atoms with Crippen molar-refractivity contribution < 1.29 is 23.5 Å². The largest absolute Gasteiger partial charge is 0.479 e. The molecule has 0 saturated carbocycles. The lowest BCUT2D eigenvalue weighted by atomic mass is 10.2. The van der Waals surface area contributed by atoms with E-state index in [-0.39, 0.29) is 6.04 Å². The van der Waals surface area contributed by atoms with Gasteiger partial charge in [-0.15, -0.1) is 0 Å². The summed E-state index contributed by atoms with van der Waals surface area (Å²) in [6.45, 7) is 2.94. The number of furan rings is 1. The Kier molecular flexibility index (Phi) is 6.21. The normalized spacial score (nSPS) is 13.0. The van der Waals surface area contributed by atoms with Crippen LogP contribution in [-0.2, 0) is 14.3 Å². The minimum Gasteiger partial charge on any atom is -0.479 e. The summed E-state index contributed by atoms with van der Waals surface area (Å²) < 4.78 is 16.2. The fourth-order valence-electron chi connectivity index (χ4n) is 2.59. The molecule has 1 N–H and O–H groups in total. The Bertz CT molecular complexity index is 933. The van der Waals surface area contributed by atoms with Gasteiger partial charge in [0.2, 0.25) is 0 Å². The zero-order valence-electron chi connectivity index (χ0n) is 15.5. The first-order chi connectivity index (χ1) is 13.4. The van der Waals surface area contributed by atoms with Crippen molar-refractivity contribution in [3.63, 3.8) is 0 Å². The molecule has 2 atom stereocenters. The second-order valence-electron chi connectivity index (χ2n) is 6.30. The number of amides is 1. The molecule has 3 aromatic rings. The Morgan fingerprint density at radius 1 is 1.11 bits per heavy atom. The average molecular weight is 402 g/mol. The first-order valence-electron chi connectivity index (χ1n) is 8.79. The molecule has 0 unspecified atom stereocenters. The molecule has 1 amide bonds. The molecule has 0 aliphatic carbocycles. The van der Waals surface area contributed by atoms with Gasteiger partial charge in [0.25, 0.3) is 5.91 Å². The minimum absolute atomic E-state index is 0.360. The molecular formula is C21H20ClNO5. The van der Waals surface area contributed by atoms with Crippen molar-refractivity contribution in [3.8, 4) is 5.75 Å². The van der Waals surface area contributed by atoms with E-state index in [0.29, 0.717) is 16.5 Å². The van der Waals surface area contributed by atoms with Crippen LogP contribution in [0.25, 0.3) is 11.0 Å². The number of halogens is 1. The number of ether oxygens (including phenoxy) is 2. The van der Waals surface area contributed by atoms with E-state index in [2.05, 4.69) is 5.32 Å². The zero-order chi connectivity index (χ0) is 20.1. The van der Waals surface area contributed by atoms with Crippen LogP contribution < -0.4 is 10.1 Å². The van der Waals surface area contributed by atoms with Gasteiger partial charge >= 0.3 is 5.97 Å². The van der Waals surface area contributed by atoms with Gasteiger partial charge in [-0.3, -0.25) is 4.79 Å². The van der Waals surface area contributed by atoms with E-state index in [1.807, 2.05) is 30.3 Å². The highest BCUT2D eigenvalue weighted by molar-refractivity contribution is 6.30. The lowest BCUT2D eigenvalue weighted by Gasteiger charge is -2.15. The number of hydrogen-bond donors (Lipinski definition) is 1. The van der Waals surface area contributed by atoms with Gasteiger partial charge in [0.1, 0.15) is 17.1 Å². The number of carbonyl (C=O) groups is 2. The third-order valence-corrected chi connectivity index (χ3v) is 4.30. The van der Waals surface area contributed by atoms with Crippen LogP contribution in [0.3, 0.4) is 0 Å². The zero-order valence-corrected chi connectivity index (χ0v) is 16.2. The predicted molar refractivity (Wildman–Crippen MR) is 105 cm³/mol. The summed E-state index contributed by atoms with van der Waals surface area (Å²) in [6, 6.07) is 15.7. The van der Waals surface area contributed by atoms with Crippen LogP contribution in [0.15, 0.2) is 59.0 Å². The Morgan fingerprint density at radius 3 is 2.54 bits per heavy atom. The Balaban J connectivity index is 1.47. The van der Waals surface area contributed by atoms with Gasteiger partial charge in [-0.1, -0.05) is 29.8 Å². The van der Waals surface area contributed by atoms with Gasteiger partial charge in [-0.2, -0.15) is 0 Å². The van der Waals surface area contributed by atoms with Crippen LogP contribution in [0.2, 0.25) is 5.02 Å². The highest BCUT2D eigenvalue weighted by Crippen LogP contribution is 2.23. The maximum Gasteiger partial charge on any atom is 0.347 e. The van der Waals surface area contributed by atoms with Gasteiger partial charge in [-0.05, 0) is 50.2 Å². The summed E-state index contributed by atoms with van der Waals surface area (Å²) in [5.74, 6) is 0.0404. The fraction of sp³-hybridized carbons (Fsp3) is 0.238. The quantitative estimate of drug-likeness (QED) is 0.598. The van der Waals surface area contributed by atoms with E-state index < -0.39 is 24.6 Å². The molecule has 0 aliphatic heterocycles. The summed E-state index contributed by atoms with van der Waals surface area (Å²) in [6.07, 6.45) is -0.859. The molecular weight excluding hydrogens is 382 g/mol. The van der Waals surface area contributed by atoms with E-state index in [0.717, 1.165) is 11.0 Å². The molecule has 0 fully saturated rings. The second-order valence-corrected chi connectivity index (χ2v) is 6.73. The SMILES string of the molecule is C[C@H](NC(=O)COC(=O)[C@@H](C)Oc1ccc(Cl)cc1)c1cc2ccccc2o1. The van der Waals surface area contributed by atoms with Crippen molar-refractivity contribution in [2.75, 3.05) is 6.61 Å². The monoisotopic (exact) mass is 401 g/mol. The number of para-hydroxylation sites is 1. The van der Waals surface area contributed by atoms with Crippen molar-refractivity contribution >= 4 is 34.4 Å². The highest BCUT2D eigenvalue weighted by atomic mass is 35.5. The van der Waals surface area contributed by atoms with E-state index in [1.165, 1.54) is 0 Å². The summed E-state index contributed by atoms with van der Waals surface area (Å²) in [7, 11) is 0. The van der Waals surface area contributed by atoms with Gasteiger partial charge in [0.15, 0.2) is 12.7 Å². The van der Waals surface area contributed by atoms with Crippen LogP contribution in [0, 0.1) is 0 Å². The Hall–Kier alpha value is -2.99. The minimum atomic E-state index is -0.859. The van der Waals surface area contributed by atoms with Crippen molar-refractivity contribution in [1.82, 2.24) is 5.32 Å². The van der Waals surface area contributed by atoms with Crippen LogP contribution in [0.5, 0.6) is 5.75 Å². The first kappa shape index (κ1) is 19.8. The van der Waals surface area contributed by atoms with E-state index in [1.54, 1.807) is 38.1 Å². The molecule has 0 spiro atoms. The molecule has 1 aromatic heterocycles. The topological polar surface area (TPSA) is 77.8 Å². The molecule has 2 aromatic carbocycles. The number of carbonyl (C=O) groups excluding carboxylic acids is 2. The predicted octanol–water partition coefficient (Wildman–Crippen LogP) is 4.27. The number of rotatable bonds is 7. The van der Waals surface area contributed by atoms with Crippen LogP contribution >= 0.6 is 11.6 Å². The summed E-state index contributed by atoms with van der Waals surface area (Å²) in [4.78, 5) is 24.1. The fourth-order valence-corrected chi connectivity index (χ4v) is 2.72. The Labute approximate surface area is 167 Å². The smallest absolute Gasteiger partial charge is 0.347 e. The summed E-state index contributed by atoms with van der Waals surface area (Å²) >= 11 is 5.81. The van der Waals surface area contributed by atoms with E-state index >= 15 is 0 Å². The van der Waals surface area contributed by atoms with Crippen molar-refractivity contribution in [3.05, 3.63) is 65.4 Å². The molecule has 7 heteroatoms. The van der Waals surface area contributed by atoms with Crippen molar-refractivity contribution in [1.29, 1.82) is 0 Å². The number of fused-ring (bicyclic) bond motifs is 1. The maximum atomic E-state index is 12.1. The highest BCUT2D eigenvalue weighted by Gasteiger charge is 2.19.